The molecule has 0 saturated heterocycles. The second-order valence-electron chi connectivity index (χ2n) is 7.37. The topological polar surface area (TPSA) is 41.0 Å². The lowest BCUT2D eigenvalue weighted by Gasteiger charge is -2.33. The van der Waals surface area contributed by atoms with Crippen LogP contribution in [0.4, 0.5) is 0 Å². The van der Waals surface area contributed by atoms with Crippen LogP contribution in [0.25, 0.3) is 16.6 Å². The second-order valence-corrected chi connectivity index (χ2v) is 7.37. The number of fused-ring (bicyclic) bond motifs is 2. The van der Waals surface area contributed by atoms with E-state index in [1.807, 2.05) is 18.5 Å². The van der Waals surface area contributed by atoms with Gasteiger partial charge >= 0.3 is 0 Å². The molecule has 0 radical (unpaired) electrons. The highest BCUT2D eigenvalue weighted by Crippen LogP contribution is 2.35. The zero-order valence-electron chi connectivity index (χ0n) is 15.2. The van der Waals surface area contributed by atoms with Gasteiger partial charge in [0.1, 0.15) is 0 Å². The number of hydrogen-bond acceptors (Lipinski definition) is 2. The molecule has 1 N–H and O–H groups in total. The maximum Gasteiger partial charge on any atom is 0.255 e. The Hall–Kier alpha value is -3.11. The number of aromatic amines is 1. The first kappa shape index (κ1) is 16.1. The van der Waals surface area contributed by atoms with Gasteiger partial charge in [0.15, 0.2) is 0 Å². The van der Waals surface area contributed by atoms with E-state index in [0.717, 1.165) is 18.8 Å². The summed E-state index contributed by atoms with van der Waals surface area (Å²) in [6, 6.07) is 20.5. The molecule has 0 spiro atoms. The first-order valence-electron chi connectivity index (χ1n) is 9.25. The summed E-state index contributed by atoms with van der Waals surface area (Å²) in [6.07, 6.45) is 3.81. The molecule has 5 rings (SSSR count). The average molecular weight is 355 g/mol. The van der Waals surface area contributed by atoms with Gasteiger partial charge in [-0.05, 0) is 65.5 Å². The predicted octanol–water partition coefficient (Wildman–Crippen LogP) is 3.90. The van der Waals surface area contributed by atoms with Gasteiger partial charge in [0.2, 0.25) is 0 Å². The van der Waals surface area contributed by atoms with Gasteiger partial charge in [-0.2, -0.15) is 0 Å². The van der Waals surface area contributed by atoms with Gasteiger partial charge < -0.3 is 9.88 Å². The van der Waals surface area contributed by atoms with Crippen LogP contribution in [0.15, 0.2) is 77.9 Å². The van der Waals surface area contributed by atoms with Crippen molar-refractivity contribution in [2.45, 2.75) is 12.5 Å². The highest BCUT2D eigenvalue weighted by molar-refractivity contribution is 5.80. The number of nitrogens with zero attached hydrogens (tertiary/aromatic N) is 2. The molecule has 1 unspecified atom stereocenters. The third-order valence-corrected chi connectivity index (χ3v) is 5.52. The standard InChI is InChI=1S/C23H21N3O/c1-25-14-18-13-19(26-11-3-2-4-23(26)27)6-7-20(18)21(15-25)16-5-8-22-17(12-16)9-10-24-22/h2-13,21,24H,14-15H2,1H3. The maximum atomic E-state index is 12.2. The molecule has 4 heteroatoms. The number of benzene rings is 2. The van der Waals surface area contributed by atoms with Crippen molar-refractivity contribution in [2.75, 3.05) is 13.6 Å². The second kappa shape index (κ2) is 6.25. The minimum Gasteiger partial charge on any atom is -0.361 e. The van der Waals surface area contributed by atoms with Crippen LogP contribution in [0, 0.1) is 0 Å². The van der Waals surface area contributed by atoms with Crippen LogP contribution in [-0.4, -0.2) is 28.0 Å². The monoisotopic (exact) mass is 355 g/mol. The van der Waals surface area contributed by atoms with E-state index < -0.39 is 0 Å². The van der Waals surface area contributed by atoms with Crippen LogP contribution in [0.2, 0.25) is 0 Å². The molecule has 1 aliphatic rings. The number of rotatable bonds is 2. The first-order chi connectivity index (χ1) is 13.2. The number of nitrogens with one attached hydrogen (secondary N) is 1. The van der Waals surface area contributed by atoms with Crippen LogP contribution < -0.4 is 5.56 Å². The molecule has 0 fully saturated rings. The third-order valence-electron chi connectivity index (χ3n) is 5.52. The van der Waals surface area contributed by atoms with E-state index in [1.54, 1.807) is 16.7 Å². The molecule has 1 aliphatic heterocycles. The summed E-state index contributed by atoms with van der Waals surface area (Å²) in [7, 11) is 2.16. The quantitative estimate of drug-likeness (QED) is 0.592. The molecule has 2 aromatic heterocycles. The van der Waals surface area contributed by atoms with Gasteiger partial charge in [-0.25, -0.2) is 0 Å². The lowest BCUT2D eigenvalue weighted by molar-refractivity contribution is 0.295. The molecule has 3 heterocycles. The molecule has 4 aromatic rings. The summed E-state index contributed by atoms with van der Waals surface area (Å²) in [5.41, 5.74) is 6.07. The summed E-state index contributed by atoms with van der Waals surface area (Å²) in [6.45, 7) is 1.89. The fraction of sp³-hybridized carbons (Fsp3) is 0.174. The van der Waals surface area contributed by atoms with E-state index in [1.165, 1.54) is 27.6 Å². The molecule has 0 bridgehead atoms. The van der Waals surface area contributed by atoms with E-state index >= 15 is 0 Å². The maximum absolute atomic E-state index is 12.2. The Bertz CT molecular complexity index is 1190. The summed E-state index contributed by atoms with van der Waals surface area (Å²) < 4.78 is 1.70. The van der Waals surface area contributed by atoms with E-state index in [4.69, 9.17) is 0 Å². The van der Waals surface area contributed by atoms with Crippen LogP contribution >= 0.6 is 0 Å². The Morgan fingerprint density at radius 3 is 2.85 bits per heavy atom. The molecule has 27 heavy (non-hydrogen) atoms. The van der Waals surface area contributed by atoms with Crippen molar-refractivity contribution < 1.29 is 0 Å². The van der Waals surface area contributed by atoms with Crippen LogP contribution in [-0.2, 0) is 6.54 Å². The summed E-state index contributed by atoms with van der Waals surface area (Å²) in [5.74, 6) is 0.333. The van der Waals surface area contributed by atoms with Crippen molar-refractivity contribution in [3.63, 3.8) is 0 Å². The van der Waals surface area contributed by atoms with Gasteiger partial charge in [0.05, 0.1) is 0 Å². The molecule has 2 aromatic carbocycles. The van der Waals surface area contributed by atoms with Gasteiger partial charge in [-0.1, -0.05) is 18.2 Å². The van der Waals surface area contributed by atoms with E-state index in [9.17, 15) is 4.79 Å². The van der Waals surface area contributed by atoms with Gasteiger partial charge in [0.25, 0.3) is 5.56 Å². The van der Waals surface area contributed by atoms with Gasteiger partial charge in [-0.3, -0.25) is 9.36 Å². The molecule has 0 saturated carbocycles. The fourth-order valence-electron chi connectivity index (χ4n) is 4.20. The first-order valence-corrected chi connectivity index (χ1v) is 9.25. The zero-order valence-corrected chi connectivity index (χ0v) is 15.2. The smallest absolute Gasteiger partial charge is 0.255 e. The average Bonchev–Trinajstić information content (AvgIpc) is 3.15. The summed E-state index contributed by atoms with van der Waals surface area (Å²) in [5, 5.41) is 1.25. The van der Waals surface area contributed by atoms with Crippen molar-refractivity contribution in [3.8, 4) is 5.69 Å². The van der Waals surface area contributed by atoms with Crippen LogP contribution in [0.5, 0.6) is 0 Å². The molecule has 134 valence electrons. The largest absolute Gasteiger partial charge is 0.361 e. The Kier molecular flexibility index (Phi) is 3.73. The Morgan fingerprint density at radius 2 is 1.96 bits per heavy atom. The fourth-order valence-corrected chi connectivity index (χ4v) is 4.20. The third kappa shape index (κ3) is 2.78. The highest BCUT2D eigenvalue weighted by atomic mass is 16.1. The van der Waals surface area contributed by atoms with Crippen molar-refractivity contribution in [1.82, 2.24) is 14.5 Å². The lowest BCUT2D eigenvalue weighted by atomic mass is 9.84. The van der Waals surface area contributed by atoms with Crippen molar-refractivity contribution in [1.29, 1.82) is 0 Å². The molecular weight excluding hydrogens is 334 g/mol. The molecule has 0 amide bonds. The lowest BCUT2D eigenvalue weighted by Crippen LogP contribution is -2.31. The Morgan fingerprint density at radius 1 is 1.04 bits per heavy atom. The Labute approximate surface area is 157 Å². The van der Waals surface area contributed by atoms with Crippen molar-refractivity contribution in [2.24, 2.45) is 0 Å². The van der Waals surface area contributed by atoms with Crippen LogP contribution in [0.1, 0.15) is 22.6 Å². The van der Waals surface area contributed by atoms with Crippen molar-refractivity contribution in [3.05, 3.63) is 100 Å². The normalized spacial score (nSPS) is 17.1. The van der Waals surface area contributed by atoms with E-state index in [-0.39, 0.29) is 5.56 Å². The minimum atomic E-state index is -0.00364. The number of hydrogen-bond donors (Lipinski definition) is 1. The SMILES string of the molecule is CN1Cc2cc(-n3ccccc3=O)ccc2C(c2ccc3[nH]ccc3c2)C1. The molecule has 4 nitrogen and oxygen atoms in total. The summed E-state index contributed by atoms with van der Waals surface area (Å²) in [4.78, 5) is 17.8. The highest BCUT2D eigenvalue weighted by Gasteiger charge is 2.25. The molecular formula is C23H21N3O. The predicted molar refractivity (Wildman–Crippen MR) is 109 cm³/mol. The minimum absolute atomic E-state index is 0.00364. The van der Waals surface area contributed by atoms with Crippen LogP contribution in [0.3, 0.4) is 0 Å². The number of likely N-dealkylation sites (N-methyl/N-ethyl adjacent to an activating group) is 1. The van der Waals surface area contributed by atoms with E-state index in [0.29, 0.717) is 5.92 Å². The number of H-pyrrole nitrogens is 1. The number of pyridine rings is 1. The van der Waals surface area contributed by atoms with Crippen molar-refractivity contribution >= 4 is 10.9 Å². The molecule has 1 atom stereocenters. The van der Waals surface area contributed by atoms with Gasteiger partial charge in [-0.15, -0.1) is 0 Å². The van der Waals surface area contributed by atoms with E-state index in [2.05, 4.69) is 59.4 Å². The summed E-state index contributed by atoms with van der Waals surface area (Å²) >= 11 is 0. The molecule has 0 aliphatic carbocycles. The van der Waals surface area contributed by atoms with Gasteiger partial charge in [0, 0.05) is 48.7 Å². The number of aromatic nitrogens is 2. The zero-order chi connectivity index (χ0) is 18.4. The Balaban J connectivity index is 1.61.